The summed E-state index contributed by atoms with van der Waals surface area (Å²) < 4.78 is 4.32. The molecule has 0 aromatic heterocycles. The lowest BCUT2D eigenvalue weighted by Crippen LogP contribution is -2.41. The molecule has 0 aliphatic rings. The summed E-state index contributed by atoms with van der Waals surface area (Å²) in [5.41, 5.74) is 2.84. The van der Waals surface area contributed by atoms with E-state index in [1.54, 1.807) is 7.05 Å². The van der Waals surface area contributed by atoms with Crippen molar-refractivity contribution in [1.82, 2.24) is 10.2 Å². The fourth-order valence-corrected chi connectivity index (χ4v) is 1.83. The predicted molar refractivity (Wildman–Crippen MR) is 82.6 cm³/mol. The Kier molecular flexibility index (Phi) is 6.52. The number of alkyl carbamates (subject to hydrolysis) is 1. The monoisotopic (exact) mass is 307 g/mol. The minimum Gasteiger partial charge on any atom is -0.453 e. The first-order chi connectivity index (χ1) is 10.3. The maximum absolute atomic E-state index is 12.0. The van der Waals surface area contributed by atoms with Crippen LogP contribution in [0, 0.1) is 13.8 Å². The van der Waals surface area contributed by atoms with E-state index in [1.165, 1.54) is 12.0 Å². The first kappa shape index (κ1) is 17.6. The van der Waals surface area contributed by atoms with E-state index in [0.717, 1.165) is 16.8 Å². The summed E-state index contributed by atoms with van der Waals surface area (Å²) in [5.74, 6) is -0.768. The lowest BCUT2D eigenvalue weighted by molar-refractivity contribution is -0.122. The van der Waals surface area contributed by atoms with Gasteiger partial charge >= 0.3 is 6.09 Å². The van der Waals surface area contributed by atoms with E-state index in [-0.39, 0.29) is 19.0 Å². The van der Waals surface area contributed by atoms with Crippen LogP contribution in [0.15, 0.2) is 18.2 Å². The van der Waals surface area contributed by atoms with Crippen molar-refractivity contribution in [2.24, 2.45) is 0 Å². The van der Waals surface area contributed by atoms with Gasteiger partial charge in [-0.05, 0) is 38.1 Å². The molecule has 0 saturated carbocycles. The third kappa shape index (κ3) is 5.53. The number of aryl methyl sites for hydroxylation is 1. The molecule has 0 spiro atoms. The van der Waals surface area contributed by atoms with Gasteiger partial charge in [0.25, 0.3) is 0 Å². The number of benzene rings is 1. The molecule has 2 N–H and O–H groups in total. The quantitative estimate of drug-likeness (QED) is 0.849. The minimum atomic E-state index is -0.821. The first-order valence-electron chi connectivity index (χ1n) is 6.76. The average Bonchev–Trinajstić information content (AvgIpc) is 2.43. The number of imide groups is 1. The highest BCUT2D eigenvalue weighted by molar-refractivity contribution is 5.95. The second-order valence-corrected chi connectivity index (χ2v) is 5.01. The molecule has 1 aromatic carbocycles. The summed E-state index contributed by atoms with van der Waals surface area (Å²) in [5, 5.41) is 4.83. The standard InChI is InChI=1S/C15H21N3O4/c1-10-6-5-7-12(11(10)2)16-13(19)8-18(3)9-14(20)17-15(21)22-4/h5-7H,8-9H2,1-4H3,(H,16,19)(H,17,20,21). The number of likely N-dealkylation sites (N-methyl/N-ethyl adjacent to an activating group) is 1. The van der Waals surface area contributed by atoms with Crippen LogP contribution in [0.4, 0.5) is 10.5 Å². The van der Waals surface area contributed by atoms with Gasteiger partial charge in [0.05, 0.1) is 20.2 Å². The first-order valence-corrected chi connectivity index (χ1v) is 6.76. The number of carbonyl (C=O) groups is 3. The summed E-state index contributed by atoms with van der Waals surface area (Å²) >= 11 is 0. The van der Waals surface area contributed by atoms with Crippen molar-refractivity contribution in [2.45, 2.75) is 13.8 Å². The van der Waals surface area contributed by atoms with Crippen molar-refractivity contribution < 1.29 is 19.1 Å². The van der Waals surface area contributed by atoms with Crippen LogP contribution in [0.25, 0.3) is 0 Å². The average molecular weight is 307 g/mol. The number of ether oxygens (including phenoxy) is 1. The lowest BCUT2D eigenvalue weighted by atomic mass is 10.1. The Morgan fingerprint density at radius 2 is 1.77 bits per heavy atom. The zero-order chi connectivity index (χ0) is 16.7. The van der Waals surface area contributed by atoms with Crippen LogP contribution < -0.4 is 10.6 Å². The molecule has 120 valence electrons. The lowest BCUT2D eigenvalue weighted by Gasteiger charge is -2.16. The Morgan fingerprint density at radius 3 is 2.41 bits per heavy atom. The molecule has 22 heavy (non-hydrogen) atoms. The summed E-state index contributed by atoms with van der Waals surface area (Å²) in [6.45, 7) is 3.84. The van der Waals surface area contributed by atoms with Crippen molar-refractivity contribution in [3.05, 3.63) is 29.3 Å². The van der Waals surface area contributed by atoms with E-state index in [9.17, 15) is 14.4 Å². The number of carbonyl (C=O) groups excluding carboxylic acids is 3. The molecule has 0 saturated heterocycles. The number of nitrogens with one attached hydrogen (secondary N) is 2. The fraction of sp³-hybridized carbons (Fsp3) is 0.400. The SMILES string of the molecule is COC(=O)NC(=O)CN(C)CC(=O)Nc1cccc(C)c1C. The molecule has 0 aliphatic carbocycles. The number of hydrogen-bond donors (Lipinski definition) is 2. The van der Waals surface area contributed by atoms with Crippen LogP contribution >= 0.6 is 0 Å². The normalized spacial score (nSPS) is 10.2. The molecule has 1 aromatic rings. The molecular formula is C15H21N3O4. The molecule has 0 atom stereocenters. The molecule has 0 bridgehead atoms. The second-order valence-electron chi connectivity index (χ2n) is 5.01. The Morgan fingerprint density at radius 1 is 1.14 bits per heavy atom. The zero-order valence-corrected chi connectivity index (χ0v) is 13.2. The molecule has 0 heterocycles. The number of nitrogens with zero attached hydrogens (tertiary/aromatic N) is 1. The molecule has 7 nitrogen and oxygen atoms in total. The van der Waals surface area contributed by atoms with Crippen molar-refractivity contribution in [3.8, 4) is 0 Å². The van der Waals surface area contributed by atoms with Gasteiger partial charge in [0.2, 0.25) is 11.8 Å². The fourth-order valence-electron chi connectivity index (χ4n) is 1.83. The van der Waals surface area contributed by atoms with Gasteiger partial charge in [-0.2, -0.15) is 0 Å². The smallest absolute Gasteiger partial charge is 0.413 e. The van der Waals surface area contributed by atoms with E-state index < -0.39 is 12.0 Å². The molecule has 0 radical (unpaired) electrons. The number of amides is 3. The predicted octanol–water partition coefficient (Wildman–Crippen LogP) is 1.06. The van der Waals surface area contributed by atoms with Crippen LogP contribution in [0.5, 0.6) is 0 Å². The van der Waals surface area contributed by atoms with Gasteiger partial charge in [-0.15, -0.1) is 0 Å². The van der Waals surface area contributed by atoms with Gasteiger partial charge < -0.3 is 10.1 Å². The van der Waals surface area contributed by atoms with Gasteiger partial charge in [0, 0.05) is 5.69 Å². The third-order valence-electron chi connectivity index (χ3n) is 3.13. The Balaban J connectivity index is 2.49. The summed E-state index contributed by atoms with van der Waals surface area (Å²) in [7, 11) is 2.78. The Hall–Kier alpha value is -2.41. The van der Waals surface area contributed by atoms with Crippen LogP contribution in [0.1, 0.15) is 11.1 Å². The van der Waals surface area contributed by atoms with Crippen molar-refractivity contribution >= 4 is 23.6 Å². The molecule has 0 fully saturated rings. The van der Waals surface area contributed by atoms with E-state index in [2.05, 4.69) is 10.1 Å². The van der Waals surface area contributed by atoms with Crippen molar-refractivity contribution in [2.75, 3.05) is 32.6 Å². The molecule has 3 amide bonds. The van der Waals surface area contributed by atoms with E-state index >= 15 is 0 Å². The number of anilines is 1. The van der Waals surface area contributed by atoms with Gasteiger partial charge in [-0.3, -0.25) is 19.8 Å². The summed E-state index contributed by atoms with van der Waals surface area (Å²) in [4.78, 5) is 35.8. The van der Waals surface area contributed by atoms with Crippen molar-refractivity contribution in [3.63, 3.8) is 0 Å². The minimum absolute atomic E-state index is 0.0297. The highest BCUT2D eigenvalue weighted by Crippen LogP contribution is 2.17. The van der Waals surface area contributed by atoms with E-state index in [0.29, 0.717) is 0 Å². The van der Waals surface area contributed by atoms with Crippen molar-refractivity contribution in [1.29, 1.82) is 0 Å². The van der Waals surface area contributed by atoms with Crippen LogP contribution in [0.3, 0.4) is 0 Å². The maximum atomic E-state index is 12.0. The van der Waals surface area contributed by atoms with Crippen LogP contribution in [-0.2, 0) is 14.3 Å². The largest absolute Gasteiger partial charge is 0.453 e. The maximum Gasteiger partial charge on any atom is 0.413 e. The van der Waals surface area contributed by atoms with E-state index in [1.807, 2.05) is 37.4 Å². The Bertz CT molecular complexity index is 572. The van der Waals surface area contributed by atoms with E-state index in [4.69, 9.17) is 0 Å². The highest BCUT2D eigenvalue weighted by Gasteiger charge is 2.13. The zero-order valence-electron chi connectivity index (χ0n) is 13.2. The summed E-state index contributed by atoms with van der Waals surface area (Å²) in [6, 6.07) is 5.66. The van der Waals surface area contributed by atoms with Gasteiger partial charge in [-0.1, -0.05) is 12.1 Å². The third-order valence-corrected chi connectivity index (χ3v) is 3.13. The molecule has 1 rings (SSSR count). The molecule has 7 heteroatoms. The second kappa shape index (κ2) is 8.14. The Labute approximate surface area is 129 Å². The van der Waals surface area contributed by atoms with Crippen LogP contribution in [0.2, 0.25) is 0 Å². The number of methoxy groups -OCH3 is 1. The highest BCUT2D eigenvalue weighted by atomic mass is 16.5. The van der Waals surface area contributed by atoms with Crippen LogP contribution in [-0.4, -0.2) is 50.1 Å². The summed E-state index contributed by atoms with van der Waals surface area (Å²) in [6.07, 6.45) is -0.821. The molecular weight excluding hydrogens is 286 g/mol. The van der Waals surface area contributed by atoms with Gasteiger partial charge in [0.15, 0.2) is 0 Å². The number of hydrogen-bond acceptors (Lipinski definition) is 5. The molecule has 0 aliphatic heterocycles. The number of rotatable bonds is 5. The molecule has 0 unspecified atom stereocenters. The van der Waals surface area contributed by atoms with Gasteiger partial charge in [-0.25, -0.2) is 4.79 Å². The van der Waals surface area contributed by atoms with Gasteiger partial charge in [0.1, 0.15) is 0 Å². The topological polar surface area (TPSA) is 87.7 Å².